The lowest BCUT2D eigenvalue weighted by Gasteiger charge is -2.13. The fourth-order valence-corrected chi connectivity index (χ4v) is 1.98. The average Bonchev–Trinajstić information content (AvgIpc) is 2.36. The highest BCUT2D eigenvalue weighted by atomic mass is 32.2. The van der Waals surface area contributed by atoms with E-state index in [1.807, 2.05) is 4.72 Å². The van der Waals surface area contributed by atoms with Gasteiger partial charge in [-0.1, -0.05) is 0 Å². The van der Waals surface area contributed by atoms with Gasteiger partial charge in [-0.3, -0.25) is 4.72 Å². The summed E-state index contributed by atoms with van der Waals surface area (Å²) in [5.74, 6) is -1.28. The molecule has 9 heteroatoms. The molecule has 0 saturated carbocycles. The maximum atomic E-state index is 12.6. The Morgan fingerprint density at radius 2 is 1.95 bits per heavy atom. The molecule has 1 aromatic rings. The third kappa shape index (κ3) is 3.86. The summed E-state index contributed by atoms with van der Waals surface area (Å²) in [5.41, 5.74) is -1.83. The first kappa shape index (κ1) is 16.3. The number of carbonyl (C=O) groups excluding carboxylic acids is 1. The molecule has 0 aromatic heterocycles. The van der Waals surface area contributed by atoms with Crippen molar-refractivity contribution < 1.29 is 31.1 Å². The van der Waals surface area contributed by atoms with Crippen LogP contribution in [0.4, 0.5) is 18.9 Å². The number of alkyl halides is 3. The second kappa shape index (κ2) is 5.70. The first-order valence-electron chi connectivity index (χ1n) is 5.40. The number of sulfonamides is 1. The van der Waals surface area contributed by atoms with E-state index in [9.17, 15) is 26.4 Å². The first-order chi connectivity index (χ1) is 9.10. The Morgan fingerprint density at radius 3 is 2.40 bits per heavy atom. The van der Waals surface area contributed by atoms with Crippen molar-refractivity contribution in [1.82, 2.24) is 0 Å². The number of nitrogens with one attached hydrogen (secondary N) is 1. The van der Waals surface area contributed by atoms with Gasteiger partial charge in [-0.05, 0) is 25.1 Å². The van der Waals surface area contributed by atoms with Gasteiger partial charge < -0.3 is 4.74 Å². The van der Waals surface area contributed by atoms with Crippen molar-refractivity contribution in [2.45, 2.75) is 13.1 Å². The molecule has 0 radical (unpaired) electrons. The van der Waals surface area contributed by atoms with Crippen molar-refractivity contribution in [2.24, 2.45) is 0 Å². The summed E-state index contributed by atoms with van der Waals surface area (Å²) >= 11 is 0. The van der Waals surface area contributed by atoms with E-state index >= 15 is 0 Å². The number of methoxy groups -OCH3 is 1. The summed E-state index contributed by atoms with van der Waals surface area (Å²) in [6.45, 7) is 1.31. The van der Waals surface area contributed by atoms with E-state index < -0.39 is 33.4 Å². The third-order valence-corrected chi connectivity index (χ3v) is 3.69. The zero-order valence-corrected chi connectivity index (χ0v) is 11.4. The third-order valence-electron chi connectivity index (χ3n) is 2.40. The van der Waals surface area contributed by atoms with E-state index in [4.69, 9.17) is 0 Å². The normalized spacial score (nSPS) is 12.1. The monoisotopic (exact) mass is 311 g/mol. The molecule has 0 heterocycles. The molecule has 0 fully saturated rings. The Bertz CT molecular complexity index is 611. The molecule has 1 N–H and O–H groups in total. The van der Waals surface area contributed by atoms with Gasteiger partial charge in [0, 0.05) is 0 Å². The molecular formula is C11H12F3NO4S. The standard InChI is InChI=1S/C11H12F3NO4S/c1-3-20(17,18)15-9-6-7(11(12,13)14)4-5-8(9)10(16)19-2/h4-6,15H,3H2,1-2H3. The van der Waals surface area contributed by atoms with Crippen molar-refractivity contribution in [2.75, 3.05) is 17.6 Å². The summed E-state index contributed by atoms with van der Waals surface area (Å²) in [6, 6.07) is 2.09. The summed E-state index contributed by atoms with van der Waals surface area (Å²) in [7, 11) is -2.78. The van der Waals surface area contributed by atoms with Crippen molar-refractivity contribution in [3.63, 3.8) is 0 Å². The Kier molecular flexibility index (Phi) is 4.64. The number of carbonyl (C=O) groups is 1. The Hall–Kier alpha value is -1.77. The van der Waals surface area contributed by atoms with E-state index in [0.717, 1.165) is 13.2 Å². The number of halogens is 3. The second-order valence-corrected chi connectivity index (χ2v) is 5.77. The first-order valence-corrected chi connectivity index (χ1v) is 7.06. The smallest absolute Gasteiger partial charge is 0.416 e. The number of hydrogen-bond acceptors (Lipinski definition) is 4. The molecular weight excluding hydrogens is 299 g/mol. The summed E-state index contributed by atoms with van der Waals surface area (Å²) in [4.78, 5) is 11.4. The Labute approximate surface area is 113 Å². The summed E-state index contributed by atoms with van der Waals surface area (Å²) < 4.78 is 67.0. The molecule has 0 aliphatic carbocycles. The zero-order chi connectivity index (χ0) is 15.6. The predicted octanol–water partition coefficient (Wildman–Crippen LogP) is 2.25. The number of rotatable bonds is 4. The van der Waals surface area contributed by atoms with Crippen molar-refractivity contribution in [1.29, 1.82) is 0 Å². The maximum absolute atomic E-state index is 12.6. The largest absolute Gasteiger partial charge is 0.465 e. The molecule has 112 valence electrons. The molecule has 20 heavy (non-hydrogen) atoms. The van der Waals surface area contributed by atoms with E-state index in [2.05, 4.69) is 4.74 Å². The van der Waals surface area contributed by atoms with Crippen LogP contribution in [0.5, 0.6) is 0 Å². The highest BCUT2D eigenvalue weighted by Gasteiger charge is 2.32. The molecule has 0 aliphatic heterocycles. The van der Waals surface area contributed by atoms with Crippen LogP contribution < -0.4 is 4.72 Å². The Morgan fingerprint density at radius 1 is 1.35 bits per heavy atom. The van der Waals surface area contributed by atoms with Crippen molar-refractivity contribution >= 4 is 21.7 Å². The zero-order valence-electron chi connectivity index (χ0n) is 10.6. The minimum Gasteiger partial charge on any atom is -0.465 e. The lowest BCUT2D eigenvalue weighted by Crippen LogP contribution is -2.18. The van der Waals surface area contributed by atoms with Gasteiger partial charge in [-0.15, -0.1) is 0 Å². The van der Waals surface area contributed by atoms with Gasteiger partial charge in [-0.25, -0.2) is 13.2 Å². The van der Waals surface area contributed by atoms with Crippen LogP contribution in [-0.4, -0.2) is 27.2 Å². The van der Waals surface area contributed by atoms with E-state index in [-0.39, 0.29) is 11.3 Å². The highest BCUT2D eigenvalue weighted by molar-refractivity contribution is 7.92. The predicted molar refractivity (Wildman–Crippen MR) is 65.9 cm³/mol. The fourth-order valence-electron chi connectivity index (χ4n) is 1.33. The van der Waals surface area contributed by atoms with Crippen molar-refractivity contribution in [3.05, 3.63) is 29.3 Å². The lowest BCUT2D eigenvalue weighted by molar-refractivity contribution is -0.137. The van der Waals surface area contributed by atoms with Gasteiger partial charge in [0.25, 0.3) is 0 Å². The molecule has 0 aliphatic rings. The molecule has 0 amide bonds. The van der Waals surface area contributed by atoms with Crippen LogP contribution in [0.15, 0.2) is 18.2 Å². The molecule has 0 bridgehead atoms. The van der Waals surface area contributed by atoms with Crippen molar-refractivity contribution in [3.8, 4) is 0 Å². The second-order valence-electron chi connectivity index (χ2n) is 3.76. The van der Waals surface area contributed by atoms with Crippen LogP contribution in [0.25, 0.3) is 0 Å². The lowest BCUT2D eigenvalue weighted by atomic mass is 10.1. The van der Waals surface area contributed by atoms with Crippen LogP contribution >= 0.6 is 0 Å². The molecule has 1 rings (SSSR count). The average molecular weight is 311 g/mol. The SMILES string of the molecule is CCS(=O)(=O)Nc1cc(C(F)(F)F)ccc1C(=O)OC. The maximum Gasteiger partial charge on any atom is 0.416 e. The molecule has 0 atom stereocenters. The molecule has 0 unspecified atom stereocenters. The van der Waals surface area contributed by atoms with Gasteiger partial charge >= 0.3 is 12.1 Å². The van der Waals surface area contributed by atoms with Crippen LogP contribution in [0.2, 0.25) is 0 Å². The van der Waals surface area contributed by atoms with E-state index in [1.165, 1.54) is 6.92 Å². The molecule has 0 spiro atoms. The number of ether oxygens (including phenoxy) is 1. The highest BCUT2D eigenvalue weighted by Crippen LogP contribution is 2.32. The molecule has 5 nitrogen and oxygen atoms in total. The number of benzene rings is 1. The van der Waals surface area contributed by atoms with Crippen LogP contribution in [0, 0.1) is 0 Å². The number of esters is 1. The Balaban J connectivity index is 3.38. The van der Waals surface area contributed by atoms with Gasteiger partial charge in [0.2, 0.25) is 10.0 Å². The van der Waals surface area contributed by atoms with Gasteiger partial charge in [0.1, 0.15) is 0 Å². The molecule has 1 aromatic carbocycles. The summed E-state index contributed by atoms with van der Waals surface area (Å²) in [6.07, 6.45) is -4.65. The van der Waals surface area contributed by atoms with Gasteiger partial charge in [0.05, 0.1) is 29.7 Å². The number of hydrogen-bond donors (Lipinski definition) is 1. The van der Waals surface area contributed by atoms with E-state index in [1.54, 1.807) is 0 Å². The van der Waals surface area contributed by atoms with Gasteiger partial charge in [0.15, 0.2) is 0 Å². The van der Waals surface area contributed by atoms with Gasteiger partial charge in [-0.2, -0.15) is 13.2 Å². The minimum absolute atomic E-state index is 0.294. The minimum atomic E-state index is -4.65. The van der Waals surface area contributed by atoms with Crippen LogP contribution in [-0.2, 0) is 20.9 Å². The molecule has 0 saturated heterocycles. The van der Waals surface area contributed by atoms with Crippen LogP contribution in [0.1, 0.15) is 22.8 Å². The fraction of sp³-hybridized carbons (Fsp3) is 0.364. The topological polar surface area (TPSA) is 72.5 Å². The summed E-state index contributed by atoms with van der Waals surface area (Å²) in [5, 5.41) is 0. The van der Waals surface area contributed by atoms with E-state index in [0.29, 0.717) is 12.1 Å². The van der Waals surface area contributed by atoms with Crippen LogP contribution in [0.3, 0.4) is 0 Å². The number of anilines is 1. The quantitative estimate of drug-likeness (QED) is 0.866.